The van der Waals surface area contributed by atoms with Gasteiger partial charge in [-0.1, -0.05) is 6.07 Å². The fourth-order valence-corrected chi connectivity index (χ4v) is 3.19. The molecule has 0 aliphatic rings. The second-order valence-electron chi connectivity index (χ2n) is 4.32. The fraction of sp³-hybridized carbons (Fsp3) is 0.0714. The van der Waals surface area contributed by atoms with E-state index in [1.807, 2.05) is 0 Å². The van der Waals surface area contributed by atoms with Gasteiger partial charge in [-0.25, -0.2) is 13.8 Å². The maximum Gasteiger partial charge on any atom is 0.148 e. The zero-order valence-electron chi connectivity index (χ0n) is 10.4. The quantitative estimate of drug-likeness (QED) is 0.481. The molecule has 0 aliphatic heterocycles. The van der Waals surface area contributed by atoms with E-state index in [9.17, 15) is 8.78 Å². The first-order valence-corrected chi connectivity index (χ1v) is 8.01. The molecule has 0 aliphatic carbocycles. The van der Waals surface area contributed by atoms with E-state index in [0.29, 0.717) is 25.8 Å². The summed E-state index contributed by atoms with van der Waals surface area (Å²) in [4.78, 5) is 4.34. The Balaban J connectivity index is 2.43. The standard InChI is InChI=1S/C14H7Br2ClF2N2/c15-7-2-1-3-9(18)14(7)21-12-5-10(19)8(16)4-11(12)20-13(21)6-17/h1-5H,6H2. The molecule has 0 atom stereocenters. The lowest BCUT2D eigenvalue weighted by atomic mass is 10.2. The van der Waals surface area contributed by atoms with E-state index in [2.05, 4.69) is 36.8 Å². The third-order valence-corrected chi connectivity index (χ3v) is 4.53. The summed E-state index contributed by atoms with van der Waals surface area (Å²) < 4.78 is 30.4. The predicted octanol–water partition coefficient (Wildman–Crippen LogP) is 5.57. The molecule has 0 amide bonds. The van der Waals surface area contributed by atoms with Gasteiger partial charge in [-0.15, -0.1) is 11.6 Å². The van der Waals surface area contributed by atoms with Gasteiger partial charge in [-0.3, -0.25) is 4.57 Å². The average Bonchev–Trinajstić information content (AvgIpc) is 2.77. The first kappa shape index (κ1) is 14.9. The molecule has 2 nitrogen and oxygen atoms in total. The molecule has 0 saturated heterocycles. The van der Waals surface area contributed by atoms with Crippen molar-refractivity contribution in [3.63, 3.8) is 0 Å². The van der Waals surface area contributed by atoms with E-state index in [1.165, 1.54) is 16.7 Å². The van der Waals surface area contributed by atoms with E-state index < -0.39 is 11.6 Å². The van der Waals surface area contributed by atoms with Crippen molar-refractivity contribution in [3.8, 4) is 5.69 Å². The van der Waals surface area contributed by atoms with Gasteiger partial charge in [0.2, 0.25) is 0 Å². The Morgan fingerprint density at radius 1 is 1.10 bits per heavy atom. The first-order valence-electron chi connectivity index (χ1n) is 5.89. The molecule has 0 saturated carbocycles. The number of fused-ring (bicyclic) bond motifs is 1. The van der Waals surface area contributed by atoms with Gasteiger partial charge in [0.15, 0.2) is 0 Å². The molecule has 108 valence electrons. The molecule has 0 N–H and O–H groups in total. The molecule has 1 heterocycles. The summed E-state index contributed by atoms with van der Waals surface area (Å²) in [7, 11) is 0. The van der Waals surface area contributed by atoms with E-state index in [0.717, 1.165) is 0 Å². The van der Waals surface area contributed by atoms with Crippen molar-refractivity contribution in [1.29, 1.82) is 0 Å². The number of imidazole rings is 1. The molecule has 0 spiro atoms. The van der Waals surface area contributed by atoms with Gasteiger partial charge in [0, 0.05) is 10.5 Å². The van der Waals surface area contributed by atoms with Crippen LogP contribution < -0.4 is 0 Å². The summed E-state index contributed by atoms with van der Waals surface area (Å²) in [5, 5.41) is 0. The lowest BCUT2D eigenvalue weighted by Gasteiger charge is -2.11. The fourth-order valence-electron chi connectivity index (χ4n) is 2.16. The van der Waals surface area contributed by atoms with Crippen molar-refractivity contribution in [3.05, 3.63) is 56.7 Å². The molecule has 3 aromatic rings. The van der Waals surface area contributed by atoms with Crippen molar-refractivity contribution >= 4 is 54.5 Å². The van der Waals surface area contributed by atoms with Gasteiger partial charge in [0.05, 0.1) is 27.1 Å². The minimum atomic E-state index is -0.447. The first-order chi connectivity index (χ1) is 10.0. The van der Waals surface area contributed by atoms with Gasteiger partial charge >= 0.3 is 0 Å². The summed E-state index contributed by atoms with van der Waals surface area (Å²) in [6.45, 7) is 0. The molecule has 21 heavy (non-hydrogen) atoms. The van der Waals surface area contributed by atoms with Gasteiger partial charge < -0.3 is 0 Å². The number of hydrogen-bond acceptors (Lipinski definition) is 1. The number of alkyl halides is 1. The number of nitrogens with zero attached hydrogens (tertiary/aromatic N) is 2. The molecule has 0 fully saturated rings. The third kappa shape index (κ3) is 2.49. The molecule has 2 aromatic carbocycles. The summed E-state index contributed by atoms with van der Waals surface area (Å²) in [5.74, 6) is -0.375. The lowest BCUT2D eigenvalue weighted by Crippen LogP contribution is -2.03. The van der Waals surface area contributed by atoms with Crippen LogP contribution in [0.4, 0.5) is 8.78 Å². The largest absolute Gasteiger partial charge is 0.291 e. The van der Waals surface area contributed by atoms with Crippen LogP contribution in [0.1, 0.15) is 5.82 Å². The van der Waals surface area contributed by atoms with Crippen LogP contribution in [0, 0.1) is 11.6 Å². The molecular weight excluding hydrogens is 429 g/mol. The Kier molecular flexibility index (Phi) is 4.03. The highest BCUT2D eigenvalue weighted by Gasteiger charge is 2.18. The van der Waals surface area contributed by atoms with Crippen molar-refractivity contribution in [2.75, 3.05) is 0 Å². The summed E-state index contributed by atoms with van der Waals surface area (Å²) in [6.07, 6.45) is 0. The molecule has 1 aromatic heterocycles. The molecular formula is C14H7Br2ClF2N2. The predicted molar refractivity (Wildman–Crippen MR) is 85.9 cm³/mol. The third-order valence-electron chi connectivity index (χ3n) is 3.05. The molecule has 0 unspecified atom stereocenters. The highest BCUT2D eigenvalue weighted by Crippen LogP contribution is 2.32. The zero-order chi connectivity index (χ0) is 15.1. The van der Waals surface area contributed by atoms with E-state index >= 15 is 0 Å². The van der Waals surface area contributed by atoms with E-state index in [1.54, 1.807) is 18.2 Å². The maximum atomic E-state index is 14.2. The Bertz CT molecular complexity index is 828. The van der Waals surface area contributed by atoms with Crippen LogP contribution in [0.25, 0.3) is 16.7 Å². The van der Waals surface area contributed by atoms with Crippen molar-refractivity contribution in [2.45, 2.75) is 5.88 Å². The van der Waals surface area contributed by atoms with Crippen molar-refractivity contribution in [1.82, 2.24) is 9.55 Å². The monoisotopic (exact) mass is 434 g/mol. The number of halogens is 5. The topological polar surface area (TPSA) is 17.8 Å². The molecule has 0 bridgehead atoms. The van der Waals surface area contributed by atoms with Crippen LogP contribution in [0.2, 0.25) is 0 Å². The Morgan fingerprint density at radius 3 is 2.52 bits per heavy atom. The highest BCUT2D eigenvalue weighted by atomic mass is 79.9. The van der Waals surface area contributed by atoms with Crippen LogP contribution in [-0.2, 0) is 5.88 Å². The van der Waals surface area contributed by atoms with Gasteiger partial charge in [0.1, 0.15) is 17.5 Å². The second kappa shape index (κ2) is 5.66. The summed E-state index contributed by atoms with van der Waals surface area (Å²) >= 11 is 12.3. The number of hydrogen-bond donors (Lipinski definition) is 0. The van der Waals surface area contributed by atoms with Crippen LogP contribution in [0.5, 0.6) is 0 Å². The number of rotatable bonds is 2. The van der Waals surface area contributed by atoms with Gasteiger partial charge in [-0.2, -0.15) is 0 Å². The normalized spacial score (nSPS) is 11.3. The van der Waals surface area contributed by atoms with E-state index in [-0.39, 0.29) is 11.6 Å². The molecule has 7 heteroatoms. The minimum absolute atomic E-state index is 0.0781. The van der Waals surface area contributed by atoms with Crippen molar-refractivity contribution < 1.29 is 8.78 Å². The molecule has 0 radical (unpaired) electrons. The Morgan fingerprint density at radius 2 is 1.86 bits per heavy atom. The molecule has 3 rings (SSSR count). The second-order valence-corrected chi connectivity index (χ2v) is 6.30. The van der Waals surface area contributed by atoms with Crippen LogP contribution >= 0.6 is 43.5 Å². The van der Waals surface area contributed by atoms with Crippen molar-refractivity contribution in [2.24, 2.45) is 0 Å². The SMILES string of the molecule is Fc1cc2c(cc1Br)nc(CCl)n2-c1c(F)cccc1Br. The Labute approximate surface area is 141 Å². The zero-order valence-corrected chi connectivity index (χ0v) is 14.3. The number of aromatic nitrogens is 2. The Hall–Kier alpha value is -0.980. The smallest absolute Gasteiger partial charge is 0.148 e. The van der Waals surface area contributed by atoms with E-state index in [4.69, 9.17) is 11.6 Å². The number of para-hydroxylation sites is 1. The number of benzene rings is 2. The lowest BCUT2D eigenvalue weighted by molar-refractivity contribution is 0.614. The summed E-state index contributed by atoms with van der Waals surface area (Å²) in [6, 6.07) is 7.48. The van der Waals surface area contributed by atoms with Gasteiger partial charge in [0.25, 0.3) is 0 Å². The summed E-state index contributed by atoms with van der Waals surface area (Å²) in [5.41, 5.74) is 1.25. The van der Waals surface area contributed by atoms with Crippen LogP contribution in [-0.4, -0.2) is 9.55 Å². The van der Waals surface area contributed by atoms with Crippen LogP contribution in [0.3, 0.4) is 0 Å². The van der Waals surface area contributed by atoms with Gasteiger partial charge in [-0.05, 0) is 50.1 Å². The highest BCUT2D eigenvalue weighted by molar-refractivity contribution is 9.10. The van der Waals surface area contributed by atoms with Crippen LogP contribution in [0.15, 0.2) is 39.3 Å². The minimum Gasteiger partial charge on any atom is -0.291 e. The average molecular weight is 436 g/mol. The maximum absolute atomic E-state index is 14.2.